The van der Waals surface area contributed by atoms with E-state index < -0.39 is 0 Å². The number of hydrogen-bond acceptors (Lipinski definition) is 1. The highest BCUT2D eigenvalue weighted by Gasteiger charge is 2.11. The Bertz CT molecular complexity index is 519. The van der Waals surface area contributed by atoms with E-state index in [4.69, 9.17) is 0 Å². The minimum atomic E-state index is -0.256. The van der Waals surface area contributed by atoms with Gasteiger partial charge in [0, 0.05) is 11.3 Å². The Labute approximate surface area is 93.9 Å². The van der Waals surface area contributed by atoms with E-state index in [9.17, 15) is 9.18 Å². The smallest absolute Gasteiger partial charge is 0.131 e. The highest BCUT2D eigenvalue weighted by molar-refractivity contribution is 5.84. The zero-order valence-electron chi connectivity index (χ0n) is 9.11. The van der Waals surface area contributed by atoms with E-state index >= 15 is 0 Å². The van der Waals surface area contributed by atoms with Gasteiger partial charge in [-0.05, 0) is 23.4 Å². The molecule has 1 nitrogen and oxygen atoms in total. The van der Waals surface area contributed by atoms with Gasteiger partial charge in [-0.1, -0.05) is 37.3 Å². The first-order valence-corrected chi connectivity index (χ1v) is 5.39. The third kappa shape index (κ3) is 1.83. The maximum absolute atomic E-state index is 13.8. The van der Waals surface area contributed by atoms with Gasteiger partial charge in [-0.2, -0.15) is 0 Å². The second-order valence-corrected chi connectivity index (χ2v) is 3.87. The van der Waals surface area contributed by atoms with Gasteiger partial charge in [-0.3, -0.25) is 0 Å². The fraction of sp³-hybridized carbons (Fsp3) is 0.214. The summed E-state index contributed by atoms with van der Waals surface area (Å²) in [6, 6.07) is 10.6. The molecule has 0 aliphatic heterocycles. The third-order valence-electron chi connectivity index (χ3n) is 2.87. The monoisotopic (exact) mass is 216 g/mol. The number of fused-ring (bicyclic) bond motifs is 1. The quantitative estimate of drug-likeness (QED) is 0.715. The topological polar surface area (TPSA) is 17.1 Å². The Balaban J connectivity index is 2.61. The molecule has 2 aromatic rings. The number of benzene rings is 2. The summed E-state index contributed by atoms with van der Waals surface area (Å²) < 4.78 is 13.8. The lowest BCUT2D eigenvalue weighted by atomic mass is 9.95. The molecule has 2 rings (SSSR count). The Hall–Kier alpha value is -1.70. The molecule has 0 N–H and O–H groups in total. The average Bonchev–Trinajstić information content (AvgIpc) is 2.31. The van der Waals surface area contributed by atoms with Crippen molar-refractivity contribution in [1.29, 1.82) is 0 Å². The fourth-order valence-electron chi connectivity index (χ4n) is 1.91. The molecule has 1 unspecified atom stereocenters. The zero-order valence-corrected chi connectivity index (χ0v) is 9.11. The Kier molecular flexibility index (Phi) is 3.00. The number of hydrogen-bond donors (Lipinski definition) is 0. The van der Waals surface area contributed by atoms with Crippen molar-refractivity contribution in [2.75, 3.05) is 0 Å². The first-order valence-electron chi connectivity index (χ1n) is 5.39. The molecule has 0 spiro atoms. The summed E-state index contributed by atoms with van der Waals surface area (Å²) in [6.07, 6.45) is 1.57. The first kappa shape index (κ1) is 10.8. The van der Waals surface area contributed by atoms with Crippen molar-refractivity contribution in [3.05, 3.63) is 47.8 Å². The Morgan fingerprint density at radius 2 is 2.06 bits per heavy atom. The average molecular weight is 216 g/mol. The van der Waals surface area contributed by atoms with Crippen LogP contribution in [0.4, 0.5) is 4.39 Å². The number of carbonyl (C=O) groups is 1. The molecule has 16 heavy (non-hydrogen) atoms. The highest BCUT2D eigenvalue weighted by atomic mass is 19.1. The lowest BCUT2D eigenvalue weighted by Crippen LogP contribution is -1.99. The molecule has 0 aliphatic rings. The summed E-state index contributed by atoms with van der Waals surface area (Å²) in [7, 11) is 0. The van der Waals surface area contributed by atoms with Crippen LogP contribution in [0.25, 0.3) is 10.8 Å². The molecule has 0 radical (unpaired) electrons. The van der Waals surface area contributed by atoms with Gasteiger partial charge in [0.25, 0.3) is 0 Å². The lowest BCUT2D eigenvalue weighted by molar-refractivity contribution is -0.109. The normalized spacial score (nSPS) is 12.6. The van der Waals surface area contributed by atoms with Gasteiger partial charge in [0.2, 0.25) is 0 Å². The van der Waals surface area contributed by atoms with Gasteiger partial charge >= 0.3 is 0 Å². The van der Waals surface area contributed by atoms with Gasteiger partial charge in [0.1, 0.15) is 12.1 Å². The largest absolute Gasteiger partial charge is 0.303 e. The van der Waals surface area contributed by atoms with Crippen LogP contribution in [-0.4, -0.2) is 6.29 Å². The predicted molar refractivity (Wildman–Crippen MR) is 63.0 cm³/mol. The molecule has 2 heteroatoms. The van der Waals surface area contributed by atoms with E-state index in [-0.39, 0.29) is 11.7 Å². The van der Waals surface area contributed by atoms with Crippen LogP contribution < -0.4 is 0 Å². The molecule has 0 saturated carbocycles. The maximum Gasteiger partial charge on any atom is 0.131 e. The highest BCUT2D eigenvalue weighted by Crippen LogP contribution is 2.25. The van der Waals surface area contributed by atoms with E-state index in [0.29, 0.717) is 11.8 Å². The van der Waals surface area contributed by atoms with Crippen LogP contribution in [-0.2, 0) is 4.79 Å². The molecule has 2 aromatic carbocycles. The molecule has 0 amide bonds. The van der Waals surface area contributed by atoms with Gasteiger partial charge < -0.3 is 4.79 Å². The number of rotatable bonds is 3. The van der Waals surface area contributed by atoms with Crippen LogP contribution in [0.1, 0.15) is 24.8 Å². The summed E-state index contributed by atoms with van der Waals surface area (Å²) in [5.74, 6) is -0.465. The molecule has 1 atom stereocenters. The summed E-state index contributed by atoms with van der Waals surface area (Å²) >= 11 is 0. The minimum Gasteiger partial charge on any atom is -0.303 e. The van der Waals surface area contributed by atoms with Crippen molar-refractivity contribution in [2.45, 2.75) is 19.3 Å². The molecule has 0 saturated heterocycles. The summed E-state index contributed by atoms with van der Waals surface area (Å²) in [6.45, 7) is 1.92. The molecule has 0 heterocycles. The second-order valence-electron chi connectivity index (χ2n) is 3.87. The van der Waals surface area contributed by atoms with Gasteiger partial charge in [-0.15, -0.1) is 0 Å². The van der Waals surface area contributed by atoms with Gasteiger partial charge in [0.15, 0.2) is 0 Å². The SMILES string of the molecule is CCC(C=O)c1cc(F)c2ccccc2c1. The van der Waals surface area contributed by atoms with E-state index in [2.05, 4.69) is 0 Å². The van der Waals surface area contributed by atoms with Crippen LogP contribution in [0.15, 0.2) is 36.4 Å². The lowest BCUT2D eigenvalue weighted by Gasteiger charge is -2.09. The number of halogens is 1. The van der Waals surface area contributed by atoms with Crippen LogP contribution in [0.5, 0.6) is 0 Å². The molecular formula is C14H13FO. The summed E-state index contributed by atoms with van der Waals surface area (Å²) in [5.41, 5.74) is 0.758. The molecular weight excluding hydrogens is 203 g/mol. The first-order chi connectivity index (χ1) is 7.76. The zero-order chi connectivity index (χ0) is 11.5. The van der Waals surface area contributed by atoms with Crippen LogP contribution in [0.2, 0.25) is 0 Å². The van der Waals surface area contributed by atoms with E-state index in [0.717, 1.165) is 17.2 Å². The van der Waals surface area contributed by atoms with E-state index in [1.165, 1.54) is 6.07 Å². The van der Waals surface area contributed by atoms with Crippen molar-refractivity contribution in [3.63, 3.8) is 0 Å². The molecule has 0 aliphatic carbocycles. The summed E-state index contributed by atoms with van der Waals surface area (Å²) in [4.78, 5) is 10.9. The predicted octanol–water partition coefficient (Wildman–Crippen LogP) is 3.67. The minimum absolute atomic E-state index is 0.209. The third-order valence-corrected chi connectivity index (χ3v) is 2.87. The summed E-state index contributed by atoms with van der Waals surface area (Å²) in [5, 5.41) is 1.45. The fourth-order valence-corrected chi connectivity index (χ4v) is 1.91. The van der Waals surface area contributed by atoms with Gasteiger partial charge in [-0.25, -0.2) is 4.39 Å². The van der Waals surface area contributed by atoms with Crippen molar-refractivity contribution < 1.29 is 9.18 Å². The van der Waals surface area contributed by atoms with Crippen molar-refractivity contribution in [2.24, 2.45) is 0 Å². The van der Waals surface area contributed by atoms with Crippen molar-refractivity contribution >= 4 is 17.1 Å². The molecule has 0 aromatic heterocycles. The Morgan fingerprint density at radius 3 is 2.75 bits per heavy atom. The van der Waals surface area contributed by atoms with Crippen LogP contribution >= 0.6 is 0 Å². The molecule has 0 bridgehead atoms. The van der Waals surface area contributed by atoms with E-state index in [1.807, 2.05) is 31.2 Å². The Morgan fingerprint density at radius 1 is 1.31 bits per heavy atom. The maximum atomic E-state index is 13.8. The van der Waals surface area contributed by atoms with Crippen LogP contribution in [0.3, 0.4) is 0 Å². The van der Waals surface area contributed by atoms with Crippen molar-refractivity contribution in [1.82, 2.24) is 0 Å². The van der Waals surface area contributed by atoms with E-state index in [1.54, 1.807) is 6.07 Å². The number of aldehydes is 1. The van der Waals surface area contributed by atoms with Crippen LogP contribution in [0, 0.1) is 5.82 Å². The number of carbonyl (C=O) groups excluding carboxylic acids is 1. The molecule has 0 fully saturated rings. The molecule has 82 valence electrons. The standard InChI is InChI=1S/C14H13FO/c1-2-10(9-16)12-7-11-5-3-4-6-13(11)14(15)8-12/h3-10H,2H2,1H3. The van der Waals surface area contributed by atoms with Crippen molar-refractivity contribution in [3.8, 4) is 0 Å². The van der Waals surface area contributed by atoms with Gasteiger partial charge in [0.05, 0.1) is 0 Å². The second kappa shape index (κ2) is 4.44.